The number of aliphatic hydroxyl groups is 7. The first-order valence-electron chi connectivity index (χ1n) is 27.1. The summed E-state index contributed by atoms with van der Waals surface area (Å²) < 4.78 is 34.3. The van der Waals surface area contributed by atoms with Gasteiger partial charge in [-0.3, -0.25) is 4.79 Å². The van der Waals surface area contributed by atoms with E-state index in [1.165, 1.54) is 109 Å². The van der Waals surface area contributed by atoms with Gasteiger partial charge in [0.25, 0.3) is 0 Å². The Morgan fingerprint density at radius 2 is 0.926 bits per heavy atom. The van der Waals surface area contributed by atoms with E-state index in [9.17, 15) is 40.5 Å². The maximum Gasteiger partial charge on any atom is 0.306 e. The summed E-state index contributed by atoms with van der Waals surface area (Å²) in [4.78, 5) is 13.0. The van der Waals surface area contributed by atoms with Gasteiger partial charge in [-0.1, -0.05) is 166 Å². The fraction of sp³-hybridized carbons (Fsp3) is 0.870. The Labute approximate surface area is 410 Å². The number of ether oxygens (including phenoxy) is 6. The number of hydrogen-bond acceptors (Lipinski definition) is 14. The largest absolute Gasteiger partial charge is 0.457 e. The number of esters is 1. The third-order valence-electron chi connectivity index (χ3n) is 12.9. The quantitative estimate of drug-likeness (QED) is 0.0173. The minimum atomic E-state index is -1.71. The van der Waals surface area contributed by atoms with Crippen molar-refractivity contribution < 1.29 is 69.0 Å². The molecule has 68 heavy (non-hydrogen) atoms. The summed E-state index contributed by atoms with van der Waals surface area (Å²) in [5.41, 5.74) is 0. The van der Waals surface area contributed by atoms with E-state index in [2.05, 4.69) is 50.3 Å². The molecule has 0 amide bonds. The molecular weight excluding hydrogens is 873 g/mol. The average Bonchev–Trinajstić information content (AvgIpc) is 3.33. The summed E-state index contributed by atoms with van der Waals surface area (Å²) in [5, 5.41) is 72.2. The monoisotopic (exact) mass is 971 g/mol. The Morgan fingerprint density at radius 1 is 0.485 bits per heavy atom. The lowest BCUT2D eigenvalue weighted by atomic mass is 9.98. The molecular formula is C54H98O14. The van der Waals surface area contributed by atoms with Crippen molar-refractivity contribution in [1.29, 1.82) is 0 Å². The normalized spacial score (nSPS) is 26.1. The Kier molecular flexibility index (Phi) is 38.3. The van der Waals surface area contributed by atoms with Crippen LogP contribution in [0, 0.1) is 0 Å². The Balaban J connectivity index is 1.75. The van der Waals surface area contributed by atoms with Gasteiger partial charge in [-0.25, -0.2) is 0 Å². The molecule has 2 aliphatic heterocycles. The maximum atomic E-state index is 13.0. The number of unbranched alkanes of at least 4 members (excludes halogenated alkanes) is 23. The van der Waals surface area contributed by atoms with Gasteiger partial charge in [-0.15, -0.1) is 0 Å². The van der Waals surface area contributed by atoms with Gasteiger partial charge in [0.15, 0.2) is 12.6 Å². The van der Waals surface area contributed by atoms with Crippen molar-refractivity contribution in [2.75, 3.05) is 33.0 Å². The number of hydrogen-bond donors (Lipinski definition) is 7. The minimum Gasteiger partial charge on any atom is -0.457 e. The lowest BCUT2D eigenvalue weighted by molar-refractivity contribution is -0.332. The molecule has 0 aromatic carbocycles. The van der Waals surface area contributed by atoms with Crippen LogP contribution in [-0.4, -0.2) is 142 Å². The number of carbonyl (C=O) groups is 1. The van der Waals surface area contributed by atoms with Crippen molar-refractivity contribution in [2.45, 2.75) is 268 Å². The van der Waals surface area contributed by atoms with Gasteiger partial charge in [0.1, 0.15) is 54.9 Å². The second kappa shape index (κ2) is 41.8. The molecule has 7 N–H and O–H groups in total. The van der Waals surface area contributed by atoms with E-state index in [0.29, 0.717) is 13.0 Å². The highest BCUT2D eigenvalue weighted by Gasteiger charge is 2.47. The fourth-order valence-corrected chi connectivity index (χ4v) is 8.41. The predicted molar refractivity (Wildman–Crippen MR) is 266 cm³/mol. The van der Waals surface area contributed by atoms with E-state index in [0.717, 1.165) is 64.2 Å². The SMILES string of the molecule is CCCC/C=C\C/C=C\CCCCCCCCOCC(COC1OC(COC2OC(CO)C(O)C(O)C2O)C(O)C(O)C1O)OC(=O)CCCCCCCCCCC/C=C\CCCCCCCC. The van der Waals surface area contributed by atoms with Gasteiger partial charge >= 0.3 is 5.97 Å². The van der Waals surface area contributed by atoms with Crippen molar-refractivity contribution in [1.82, 2.24) is 0 Å². The third-order valence-corrected chi connectivity index (χ3v) is 12.9. The van der Waals surface area contributed by atoms with Crippen molar-refractivity contribution in [3.63, 3.8) is 0 Å². The van der Waals surface area contributed by atoms with Gasteiger partial charge in [0.2, 0.25) is 0 Å². The predicted octanol–water partition coefficient (Wildman–Crippen LogP) is 8.58. The average molecular weight is 971 g/mol. The molecule has 14 heteroatoms. The second-order valence-corrected chi connectivity index (χ2v) is 19.0. The Morgan fingerprint density at radius 3 is 1.47 bits per heavy atom. The highest BCUT2D eigenvalue weighted by molar-refractivity contribution is 5.69. The van der Waals surface area contributed by atoms with Crippen molar-refractivity contribution in [2.24, 2.45) is 0 Å². The lowest BCUT2D eigenvalue weighted by Crippen LogP contribution is -2.61. The van der Waals surface area contributed by atoms with E-state index in [-0.39, 0.29) is 25.6 Å². The van der Waals surface area contributed by atoms with Crippen LogP contribution in [0.4, 0.5) is 0 Å². The van der Waals surface area contributed by atoms with E-state index in [1.54, 1.807) is 0 Å². The molecule has 2 aliphatic rings. The molecule has 2 fully saturated rings. The minimum absolute atomic E-state index is 0.0546. The highest BCUT2D eigenvalue weighted by atomic mass is 16.7. The van der Waals surface area contributed by atoms with Gasteiger partial charge in [-0.2, -0.15) is 0 Å². The molecule has 11 atom stereocenters. The summed E-state index contributed by atoms with van der Waals surface area (Å²) in [7, 11) is 0. The number of aliphatic hydroxyl groups excluding tert-OH is 7. The zero-order valence-electron chi connectivity index (χ0n) is 42.3. The Hall–Kier alpha value is -1.79. The van der Waals surface area contributed by atoms with E-state index < -0.39 is 80.7 Å². The standard InChI is InChI=1S/C54H98O14/c1-3-5-7-9-11-13-15-17-19-20-21-22-23-25-27-29-31-33-35-37-46(56)66-43(40-63-38-36-34-32-30-28-26-24-18-16-14-12-10-8-6-4-2)41-64-53-52(62)50(60)48(58)45(68-53)42-65-54-51(61)49(59)47(57)44(39-55)67-54/h10,12,16-19,43-45,47-55,57-62H,3-9,11,13-15,20-42H2,1-2H3/b12-10-,18-16-,19-17-. The molecule has 398 valence electrons. The van der Waals surface area contributed by atoms with Crippen LogP contribution in [0.1, 0.15) is 200 Å². The zero-order chi connectivity index (χ0) is 49.5. The molecule has 0 aromatic heterocycles. The van der Waals surface area contributed by atoms with Crippen LogP contribution in [0.2, 0.25) is 0 Å². The number of allylic oxidation sites excluding steroid dienone is 6. The first-order valence-corrected chi connectivity index (χ1v) is 27.1. The molecule has 2 saturated heterocycles. The van der Waals surface area contributed by atoms with Crippen LogP contribution < -0.4 is 0 Å². The maximum absolute atomic E-state index is 13.0. The lowest BCUT2D eigenvalue weighted by Gasteiger charge is -2.42. The van der Waals surface area contributed by atoms with Gasteiger partial charge in [-0.05, 0) is 64.2 Å². The van der Waals surface area contributed by atoms with Crippen molar-refractivity contribution in [3.05, 3.63) is 36.5 Å². The van der Waals surface area contributed by atoms with E-state index >= 15 is 0 Å². The molecule has 0 aromatic rings. The van der Waals surface area contributed by atoms with Crippen LogP contribution >= 0.6 is 0 Å². The van der Waals surface area contributed by atoms with Crippen LogP contribution in [0.5, 0.6) is 0 Å². The van der Waals surface area contributed by atoms with Gasteiger partial charge in [0.05, 0.1) is 26.4 Å². The van der Waals surface area contributed by atoms with Gasteiger partial charge in [0, 0.05) is 13.0 Å². The first kappa shape index (κ1) is 62.3. The summed E-state index contributed by atoms with van der Waals surface area (Å²) >= 11 is 0. The molecule has 0 saturated carbocycles. The number of rotatable bonds is 43. The van der Waals surface area contributed by atoms with Crippen molar-refractivity contribution >= 4 is 5.97 Å². The summed E-state index contributed by atoms with van der Waals surface area (Å²) in [5.74, 6) is -0.382. The third kappa shape index (κ3) is 28.9. The topological polar surface area (TPSA) is 214 Å². The molecule has 2 heterocycles. The number of carbonyl (C=O) groups excluding carboxylic acids is 1. The smallest absolute Gasteiger partial charge is 0.306 e. The van der Waals surface area contributed by atoms with Gasteiger partial charge < -0.3 is 64.2 Å². The van der Waals surface area contributed by atoms with Crippen LogP contribution in [-0.2, 0) is 33.2 Å². The highest BCUT2D eigenvalue weighted by Crippen LogP contribution is 2.26. The Bertz CT molecular complexity index is 1260. The summed E-state index contributed by atoms with van der Waals surface area (Å²) in [6, 6.07) is 0. The first-order chi connectivity index (χ1) is 33.1. The molecule has 0 aliphatic carbocycles. The van der Waals surface area contributed by atoms with Crippen LogP contribution in [0.15, 0.2) is 36.5 Å². The van der Waals surface area contributed by atoms with E-state index in [1.807, 2.05) is 0 Å². The van der Waals surface area contributed by atoms with Crippen LogP contribution in [0.25, 0.3) is 0 Å². The summed E-state index contributed by atoms with van der Waals surface area (Å²) in [6.45, 7) is 3.63. The fourth-order valence-electron chi connectivity index (χ4n) is 8.41. The molecule has 2 rings (SSSR count). The molecule has 0 spiro atoms. The van der Waals surface area contributed by atoms with Crippen LogP contribution in [0.3, 0.4) is 0 Å². The molecule has 0 bridgehead atoms. The summed E-state index contributed by atoms with van der Waals surface area (Å²) in [6.07, 6.45) is 30.6. The molecule has 11 unspecified atom stereocenters. The zero-order valence-corrected chi connectivity index (χ0v) is 42.3. The molecule has 0 radical (unpaired) electrons. The second-order valence-electron chi connectivity index (χ2n) is 19.0. The molecule has 14 nitrogen and oxygen atoms in total. The van der Waals surface area contributed by atoms with Crippen molar-refractivity contribution in [3.8, 4) is 0 Å². The van der Waals surface area contributed by atoms with E-state index in [4.69, 9.17) is 28.4 Å².